The molecule has 1 aliphatic rings. The minimum Gasteiger partial charge on any atom is -0.350 e. The molecule has 22 heavy (non-hydrogen) atoms. The van der Waals surface area contributed by atoms with Crippen LogP contribution in [0.3, 0.4) is 0 Å². The Morgan fingerprint density at radius 1 is 1.00 bits per heavy atom. The molecule has 0 atom stereocenters. The van der Waals surface area contributed by atoms with Crippen LogP contribution in [-0.4, -0.2) is 41.6 Å². The van der Waals surface area contributed by atoms with E-state index in [2.05, 4.69) is 5.32 Å². The SMILES string of the molecule is O=C(c1ccc(Cn2ccc(=O)cc2)cc1)N1CCNCC1. The largest absolute Gasteiger partial charge is 0.350 e. The molecule has 1 aromatic carbocycles. The highest BCUT2D eigenvalue weighted by molar-refractivity contribution is 5.94. The number of piperazine rings is 1. The van der Waals surface area contributed by atoms with Crippen LogP contribution in [-0.2, 0) is 6.54 Å². The van der Waals surface area contributed by atoms with Gasteiger partial charge in [0, 0.05) is 62.8 Å². The van der Waals surface area contributed by atoms with E-state index in [1.165, 1.54) is 0 Å². The van der Waals surface area contributed by atoms with Crippen LogP contribution in [0.1, 0.15) is 15.9 Å². The van der Waals surface area contributed by atoms with Crippen LogP contribution < -0.4 is 10.7 Å². The molecule has 1 aliphatic heterocycles. The molecule has 1 N–H and O–H groups in total. The van der Waals surface area contributed by atoms with Gasteiger partial charge in [-0.05, 0) is 17.7 Å². The molecule has 0 bridgehead atoms. The Hall–Kier alpha value is -2.40. The third-order valence-electron chi connectivity index (χ3n) is 3.83. The molecule has 114 valence electrons. The quantitative estimate of drug-likeness (QED) is 0.917. The first-order valence-electron chi connectivity index (χ1n) is 7.47. The third-order valence-corrected chi connectivity index (χ3v) is 3.83. The van der Waals surface area contributed by atoms with Crippen LogP contribution in [0, 0.1) is 0 Å². The first kappa shape index (κ1) is 14.5. The van der Waals surface area contributed by atoms with Crippen molar-refractivity contribution in [3.8, 4) is 0 Å². The van der Waals surface area contributed by atoms with Crippen molar-refractivity contribution in [1.82, 2.24) is 14.8 Å². The second-order valence-corrected chi connectivity index (χ2v) is 5.45. The van der Waals surface area contributed by atoms with Gasteiger partial charge in [0.2, 0.25) is 0 Å². The number of benzene rings is 1. The maximum Gasteiger partial charge on any atom is 0.253 e. The number of aromatic nitrogens is 1. The number of nitrogens with zero attached hydrogens (tertiary/aromatic N) is 2. The summed E-state index contributed by atoms with van der Waals surface area (Å²) in [6.45, 7) is 3.92. The second kappa shape index (κ2) is 6.58. The molecule has 1 saturated heterocycles. The summed E-state index contributed by atoms with van der Waals surface area (Å²) in [6.07, 6.45) is 3.53. The highest BCUT2D eigenvalue weighted by atomic mass is 16.2. The highest BCUT2D eigenvalue weighted by Crippen LogP contribution is 2.09. The summed E-state index contributed by atoms with van der Waals surface area (Å²) < 4.78 is 1.94. The maximum absolute atomic E-state index is 12.4. The number of hydrogen-bond donors (Lipinski definition) is 1. The van der Waals surface area contributed by atoms with Gasteiger partial charge >= 0.3 is 0 Å². The molecule has 1 aromatic heterocycles. The number of hydrogen-bond acceptors (Lipinski definition) is 3. The monoisotopic (exact) mass is 297 g/mol. The van der Waals surface area contributed by atoms with E-state index in [4.69, 9.17) is 0 Å². The van der Waals surface area contributed by atoms with Gasteiger partial charge in [0.25, 0.3) is 5.91 Å². The van der Waals surface area contributed by atoms with E-state index < -0.39 is 0 Å². The molecular formula is C17H19N3O2. The van der Waals surface area contributed by atoms with E-state index in [0.717, 1.165) is 37.3 Å². The van der Waals surface area contributed by atoms with Crippen molar-refractivity contribution in [3.63, 3.8) is 0 Å². The van der Waals surface area contributed by atoms with Crippen molar-refractivity contribution < 1.29 is 4.79 Å². The summed E-state index contributed by atoms with van der Waals surface area (Å²) >= 11 is 0. The van der Waals surface area contributed by atoms with E-state index in [1.54, 1.807) is 24.5 Å². The molecule has 1 amide bonds. The van der Waals surface area contributed by atoms with Gasteiger partial charge in [-0.25, -0.2) is 0 Å². The first-order chi connectivity index (χ1) is 10.7. The smallest absolute Gasteiger partial charge is 0.253 e. The lowest BCUT2D eigenvalue weighted by Gasteiger charge is -2.27. The molecule has 0 spiro atoms. The van der Waals surface area contributed by atoms with Gasteiger partial charge in [-0.1, -0.05) is 12.1 Å². The Morgan fingerprint density at radius 2 is 1.64 bits per heavy atom. The Balaban J connectivity index is 1.68. The van der Waals surface area contributed by atoms with Crippen LogP contribution in [0.5, 0.6) is 0 Å². The molecule has 0 radical (unpaired) electrons. The minimum absolute atomic E-state index is 0.00761. The molecule has 5 nitrogen and oxygen atoms in total. The predicted molar refractivity (Wildman–Crippen MR) is 85.0 cm³/mol. The van der Waals surface area contributed by atoms with Crippen LogP contribution in [0.4, 0.5) is 0 Å². The molecule has 2 aromatic rings. The third kappa shape index (κ3) is 3.43. The zero-order valence-corrected chi connectivity index (χ0v) is 12.4. The maximum atomic E-state index is 12.4. The van der Waals surface area contributed by atoms with Crippen molar-refractivity contribution in [2.45, 2.75) is 6.54 Å². The highest BCUT2D eigenvalue weighted by Gasteiger charge is 2.17. The Morgan fingerprint density at radius 3 is 2.27 bits per heavy atom. The average molecular weight is 297 g/mol. The Bertz CT molecular complexity index is 680. The second-order valence-electron chi connectivity index (χ2n) is 5.45. The molecule has 0 unspecified atom stereocenters. The Labute approximate surface area is 129 Å². The Kier molecular flexibility index (Phi) is 4.34. The zero-order chi connectivity index (χ0) is 15.4. The van der Waals surface area contributed by atoms with E-state index in [1.807, 2.05) is 33.7 Å². The number of amides is 1. The number of carbonyl (C=O) groups is 1. The van der Waals surface area contributed by atoms with E-state index in [-0.39, 0.29) is 11.3 Å². The van der Waals surface area contributed by atoms with Crippen molar-refractivity contribution in [3.05, 3.63) is 70.1 Å². The predicted octanol–water partition coefficient (Wildman–Crippen LogP) is 0.942. The normalized spacial score (nSPS) is 14.8. The van der Waals surface area contributed by atoms with Gasteiger partial charge in [-0.15, -0.1) is 0 Å². The molecule has 2 heterocycles. The molecule has 0 aliphatic carbocycles. The lowest BCUT2D eigenvalue weighted by molar-refractivity contribution is 0.0736. The fraction of sp³-hybridized carbons (Fsp3) is 0.294. The van der Waals surface area contributed by atoms with E-state index in [0.29, 0.717) is 6.54 Å². The number of pyridine rings is 1. The van der Waals surface area contributed by atoms with E-state index >= 15 is 0 Å². The molecule has 3 rings (SSSR count). The topological polar surface area (TPSA) is 54.3 Å². The standard InChI is InChI=1S/C17H19N3O2/c21-16-5-9-19(10-6-16)13-14-1-3-15(4-2-14)17(22)20-11-7-18-8-12-20/h1-6,9-10,18H,7-8,11-13H2. The molecule has 5 heteroatoms. The zero-order valence-electron chi connectivity index (χ0n) is 12.4. The van der Waals surface area contributed by atoms with Crippen LogP contribution in [0.25, 0.3) is 0 Å². The summed E-state index contributed by atoms with van der Waals surface area (Å²) in [5.74, 6) is 0.0939. The summed E-state index contributed by atoms with van der Waals surface area (Å²) in [6, 6.07) is 10.8. The number of rotatable bonds is 3. The van der Waals surface area contributed by atoms with Crippen molar-refractivity contribution in [2.24, 2.45) is 0 Å². The van der Waals surface area contributed by atoms with Gasteiger partial charge in [-0.2, -0.15) is 0 Å². The lowest BCUT2D eigenvalue weighted by atomic mass is 10.1. The molecule has 0 saturated carbocycles. The number of carbonyl (C=O) groups excluding carboxylic acids is 1. The average Bonchev–Trinajstić information content (AvgIpc) is 2.58. The molecular weight excluding hydrogens is 278 g/mol. The van der Waals surface area contributed by atoms with Crippen molar-refractivity contribution >= 4 is 5.91 Å². The summed E-state index contributed by atoms with van der Waals surface area (Å²) in [7, 11) is 0. The molecule has 1 fully saturated rings. The van der Waals surface area contributed by atoms with Gasteiger partial charge < -0.3 is 14.8 Å². The number of nitrogens with one attached hydrogen (secondary N) is 1. The van der Waals surface area contributed by atoms with Gasteiger partial charge in [0.15, 0.2) is 5.43 Å². The lowest BCUT2D eigenvalue weighted by Crippen LogP contribution is -2.46. The van der Waals surface area contributed by atoms with Gasteiger partial charge in [0.05, 0.1) is 0 Å². The van der Waals surface area contributed by atoms with Crippen LogP contribution in [0.15, 0.2) is 53.6 Å². The fourth-order valence-corrected chi connectivity index (χ4v) is 2.56. The van der Waals surface area contributed by atoms with Crippen molar-refractivity contribution in [1.29, 1.82) is 0 Å². The first-order valence-corrected chi connectivity index (χ1v) is 7.47. The van der Waals surface area contributed by atoms with Crippen LogP contribution >= 0.6 is 0 Å². The van der Waals surface area contributed by atoms with Crippen molar-refractivity contribution in [2.75, 3.05) is 26.2 Å². The van der Waals surface area contributed by atoms with Gasteiger partial charge in [0.1, 0.15) is 0 Å². The fourth-order valence-electron chi connectivity index (χ4n) is 2.56. The van der Waals surface area contributed by atoms with Gasteiger partial charge in [-0.3, -0.25) is 9.59 Å². The van der Waals surface area contributed by atoms with E-state index in [9.17, 15) is 9.59 Å². The van der Waals surface area contributed by atoms with Crippen LogP contribution in [0.2, 0.25) is 0 Å². The summed E-state index contributed by atoms with van der Waals surface area (Å²) in [5.41, 5.74) is 1.83. The minimum atomic E-state index is 0.00761. The summed E-state index contributed by atoms with van der Waals surface area (Å²) in [5, 5.41) is 3.24. The summed E-state index contributed by atoms with van der Waals surface area (Å²) in [4.78, 5) is 25.3.